The van der Waals surface area contributed by atoms with Crippen molar-refractivity contribution < 1.29 is 13.5 Å². The topological polar surface area (TPSA) is 67.3 Å². The number of rotatable bonds is 4. The third kappa shape index (κ3) is 3.76. The van der Waals surface area contributed by atoms with Gasteiger partial charge in [-0.2, -0.15) is 0 Å². The predicted octanol–water partition coefficient (Wildman–Crippen LogP) is 2.06. The van der Waals surface area contributed by atoms with Gasteiger partial charge in [0.15, 0.2) is 9.84 Å². The molecule has 6 heteroatoms. The van der Waals surface area contributed by atoms with Crippen LogP contribution >= 0.6 is 11.3 Å². The van der Waals surface area contributed by atoms with Crippen molar-refractivity contribution in [1.82, 2.24) is 4.98 Å². The number of nitrogens with zero attached hydrogens (tertiary/aromatic N) is 1. The van der Waals surface area contributed by atoms with Crippen LogP contribution in [0.1, 0.15) is 42.8 Å². The van der Waals surface area contributed by atoms with Crippen molar-refractivity contribution in [3.63, 3.8) is 0 Å². The number of aromatic nitrogens is 1. The van der Waals surface area contributed by atoms with Crippen LogP contribution in [0.15, 0.2) is 5.38 Å². The molecule has 0 atom stereocenters. The molecule has 1 heterocycles. The first-order chi connectivity index (χ1) is 8.39. The van der Waals surface area contributed by atoms with Crippen LogP contribution in [0.3, 0.4) is 0 Å². The zero-order chi connectivity index (χ0) is 13.2. The standard InChI is InChI=1S/C12H19NO3S2/c1-10-7-17-11(13-10)8-18(15,16)9-12(14)5-3-2-4-6-12/h7,14H,2-6,8-9H2,1H3. The Labute approximate surface area is 112 Å². The van der Waals surface area contributed by atoms with Crippen molar-refractivity contribution >= 4 is 21.2 Å². The van der Waals surface area contributed by atoms with Gasteiger partial charge in [0, 0.05) is 11.1 Å². The zero-order valence-electron chi connectivity index (χ0n) is 10.6. The predicted molar refractivity (Wildman–Crippen MR) is 72.4 cm³/mol. The smallest absolute Gasteiger partial charge is 0.159 e. The lowest BCUT2D eigenvalue weighted by atomic mass is 9.86. The fourth-order valence-corrected chi connectivity index (χ4v) is 5.49. The summed E-state index contributed by atoms with van der Waals surface area (Å²) in [6.07, 6.45) is 4.13. The molecular weight excluding hydrogens is 270 g/mol. The highest BCUT2D eigenvalue weighted by Gasteiger charge is 2.34. The van der Waals surface area contributed by atoms with Gasteiger partial charge in [-0.05, 0) is 19.8 Å². The lowest BCUT2D eigenvalue weighted by Gasteiger charge is -2.31. The van der Waals surface area contributed by atoms with Crippen LogP contribution in [0.25, 0.3) is 0 Å². The maximum atomic E-state index is 12.1. The molecule has 1 aromatic heterocycles. The average Bonchev–Trinajstić information content (AvgIpc) is 2.62. The molecule has 0 amide bonds. The molecule has 1 aliphatic rings. The summed E-state index contributed by atoms with van der Waals surface area (Å²) in [5.41, 5.74) is -0.162. The SMILES string of the molecule is Cc1csc(CS(=O)(=O)CC2(O)CCCCC2)n1. The lowest BCUT2D eigenvalue weighted by Crippen LogP contribution is -2.39. The first-order valence-electron chi connectivity index (χ1n) is 6.22. The Morgan fingerprint density at radius 3 is 2.61 bits per heavy atom. The summed E-state index contributed by atoms with van der Waals surface area (Å²) >= 11 is 1.37. The molecule has 0 bridgehead atoms. The van der Waals surface area contributed by atoms with Gasteiger partial charge in [-0.3, -0.25) is 0 Å². The second-order valence-electron chi connectivity index (χ2n) is 5.20. The molecule has 0 radical (unpaired) electrons. The molecule has 0 saturated heterocycles. The Balaban J connectivity index is 2.02. The molecule has 1 aromatic rings. The Hall–Kier alpha value is -0.460. The molecule has 0 aromatic carbocycles. The minimum absolute atomic E-state index is 0.0478. The molecule has 0 unspecified atom stereocenters. The molecule has 1 fully saturated rings. The van der Waals surface area contributed by atoms with Crippen LogP contribution in [0.5, 0.6) is 0 Å². The molecule has 1 N–H and O–H groups in total. The summed E-state index contributed by atoms with van der Waals surface area (Å²) in [7, 11) is -3.28. The summed E-state index contributed by atoms with van der Waals surface area (Å²) in [6, 6.07) is 0. The summed E-state index contributed by atoms with van der Waals surface area (Å²) in [4.78, 5) is 4.17. The van der Waals surface area contributed by atoms with Gasteiger partial charge < -0.3 is 5.11 Å². The molecule has 102 valence electrons. The van der Waals surface area contributed by atoms with E-state index in [4.69, 9.17) is 0 Å². The van der Waals surface area contributed by atoms with E-state index in [0.29, 0.717) is 17.8 Å². The van der Waals surface area contributed by atoms with Crippen LogP contribution < -0.4 is 0 Å². The summed E-state index contributed by atoms with van der Waals surface area (Å²) in [5, 5.41) is 12.8. The highest BCUT2D eigenvalue weighted by Crippen LogP contribution is 2.30. The van der Waals surface area contributed by atoms with Gasteiger partial charge in [-0.15, -0.1) is 11.3 Å². The van der Waals surface area contributed by atoms with Crippen LogP contribution in [0, 0.1) is 6.92 Å². The molecule has 0 aliphatic heterocycles. The molecule has 1 saturated carbocycles. The van der Waals surface area contributed by atoms with E-state index in [1.807, 2.05) is 12.3 Å². The van der Waals surface area contributed by atoms with E-state index in [1.54, 1.807) is 0 Å². The van der Waals surface area contributed by atoms with Crippen molar-refractivity contribution in [3.8, 4) is 0 Å². The number of hydrogen-bond donors (Lipinski definition) is 1. The number of thiazole rings is 1. The second-order valence-corrected chi connectivity index (χ2v) is 8.21. The van der Waals surface area contributed by atoms with Gasteiger partial charge in [0.05, 0.1) is 11.4 Å². The third-order valence-corrected chi connectivity index (χ3v) is 6.12. The van der Waals surface area contributed by atoms with E-state index in [2.05, 4.69) is 4.98 Å². The maximum Gasteiger partial charge on any atom is 0.159 e. The normalized spacial score (nSPS) is 19.9. The van der Waals surface area contributed by atoms with E-state index in [9.17, 15) is 13.5 Å². The van der Waals surface area contributed by atoms with Gasteiger partial charge in [-0.1, -0.05) is 19.3 Å². The van der Waals surface area contributed by atoms with Crippen molar-refractivity contribution in [2.75, 3.05) is 5.75 Å². The highest BCUT2D eigenvalue weighted by molar-refractivity contribution is 7.90. The Bertz CT molecular complexity index is 501. The van der Waals surface area contributed by atoms with E-state index in [-0.39, 0.29) is 11.5 Å². The van der Waals surface area contributed by atoms with Gasteiger partial charge in [0.2, 0.25) is 0 Å². The monoisotopic (exact) mass is 289 g/mol. The molecule has 2 rings (SSSR count). The maximum absolute atomic E-state index is 12.1. The Kier molecular flexibility index (Phi) is 4.08. The fraction of sp³-hybridized carbons (Fsp3) is 0.750. The fourth-order valence-electron chi connectivity index (χ4n) is 2.47. The van der Waals surface area contributed by atoms with Gasteiger partial charge >= 0.3 is 0 Å². The van der Waals surface area contributed by atoms with Gasteiger partial charge in [0.1, 0.15) is 10.8 Å². The van der Waals surface area contributed by atoms with E-state index in [0.717, 1.165) is 25.0 Å². The van der Waals surface area contributed by atoms with Crippen molar-refractivity contribution in [3.05, 3.63) is 16.1 Å². The number of aryl methyl sites for hydroxylation is 1. The molecule has 1 aliphatic carbocycles. The number of hydrogen-bond acceptors (Lipinski definition) is 5. The molecular formula is C12H19NO3S2. The Morgan fingerprint density at radius 1 is 1.39 bits per heavy atom. The van der Waals surface area contributed by atoms with Crippen LogP contribution in [0.2, 0.25) is 0 Å². The minimum atomic E-state index is -3.28. The molecule has 4 nitrogen and oxygen atoms in total. The van der Waals surface area contributed by atoms with E-state index < -0.39 is 15.4 Å². The summed E-state index contributed by atoms with van der Waals surface area (Å²) in [6.45, 7) is 1.85. The van der Waals surface area contributed by atoms with Crippen LogP contribution in [-0.2, 0) is 15.6 Å². The van der Waals surface area contributed by atoms with E-state index in [1.165, 1.54) is 11.3 Å². The second kappa shape index (κ2) is 5.27. The highest BCUT2D eigenvalue weighted by atomic mass is 32.2. The molecule has 0 spiro atoms. The quantitative estimate of drug-likeness (QED) is 0.921. The van der Waals surface area contributed by atoms with Gasteiger partial charge in [0.25, 0.3) is 0 Å². The first-order valence-corrected chi connectivity index (χ1v) is 8.93. The zero-order valence-corrected chi connectivity index (χ0v) is 12.2. The van der Waals surface area contributed by atoms with E-state index >= 15 is 0 Å². The Morgan fingerprint density at radius 2 is 2.06 bits per heavy atom. The number of aliphatic hydroxyl groups is 1. The molecule has 18 heavy (non-hydrogen) atoms. The summed E-state index contributed by atoms with van der Waals surface area (Å²) in [5.74, 6) is -0.174. The average molecular weight is 289 g/mol. The van der Waals surface area contributed by atoms with Crippen molar-refractivity contribution in [2.24, 2.45) is 0 Å². The summed E-state index contributed by atoms with van der Waals surface area (Å²) < 4.78 is 24.2. The minimum Gasteiger partial charge on any atom is -0.389 e. The van der Waals surface area contributed by atoms with Crippen molar-refractivity contribution in [1.29, 1.82) is 0 Å². The lowest BCUT2D eigenvalue weighted by molar-refractivity contribution is 0.0257. The van der Waals surface area contributed by atoms with Gasteiger partial charge in [-0.25, -0.2) is 13.4 Å². The van der Waals surface area contributed by atoms with Crippen molar-refractivity contribution in [2.45, 2.75) is 50.4 Å². The van der Waals surface area contributed by atoms with Crippen LogP contribution in [-0.4, -0.2) is 29.9 Å². The largest absolute Gasteiger partial charge is 0.389 e. The first kappa shape index (κ1) is 14.0. The van der Waals surface area contributed by atoms with Crippen LogP contribution in [0.4, 0.5) is 0 Å². The third-order valence-electron chi connectivity index (χ3n) is 3.28. The number of sulfone groups is 1.